The summed E-state index contributed by atoms with van der Waals surface area (Å²) in [5.74, 6) is 0. The number of rotatable bonds is 6. The average Bonchev–Trinajstić information content (AvgIpc) is 2.88. The summed E-state index contributed by atoms with van der Waals surface area (Å²) in [7, 11) is 0. The highest BCUT2D eigenvalue weighted by atomic mass is 79.9. The highest BCUT2D eigenvalue weighted by Gasteiger charge is 2.15. The molecule has 0 saturated carbocycles. The van der Waals surface area contributed by atoms with Gasteiger partial charge in [-0.1, -0.05) is 28.1 Å². The molecule has 1 heterocycles. The van der Waals surface area contributed by atoms with Crippen molar-refractivity contribution in [3.8, 4) is 11.3 Å². The van der Waals surface area contributed by atoms with Gasteiger partial charge in [-0.15, -0.1) is 0 Å². The fraction of sp³-hybridized carbons (Fsp3) is 0.357. The number of halogens is 1. The molecule has 0 aliphatic heterocycles. The minimum Gasteiger partial charge on any atom is -0.347 e. The van der Waals surface area contributed by atoms with Crippen molar-refractivity contribution in [2.45, 2.75) is 20.1 Å². The van der Waals surface area contributed by atoms with E-state index >= 15 is 0 Å². The molecule has 0 unspecified atom stereocenters. The molecule has 0 fully saturated rings. The molecule has 0 amide bonds. The van der Waals surface area contributed by atoms with Gasteiger partial charge in [0.25, 0.3) is 0 Å². The summed E-state index contributed by atoms with van der Waals surface area (Å²) < 4.78 is 12.1. The molecule has 0 radical (unpaired) electrons. The first-order valence-corrected chi connectivity index (χ1v) is 7.08. The highest BCUT2D eigenvalue weighted by Crippen LogP contribution is 2.25. The molecule has 1 N–H and O–H groups in total. The molecule has 1 aromatic carbocycles. The predicted octanol–water partition coefficient (Wildman–Crippen LogP) is 3.91. The van der Waals surface area contributed by atoms with Crippen LogP contribution in [0.5, 0.6) is 0 Å². The monoisotopic (exact) mass is 324 g/mol. The van der Waals surface area contributed by atoms with Gasteiger partial charge in [-0.2, -0.15) is 5.10 Å². The summed E-state index contributed by atoms with van der Waals surface area (Å²) in [6.45, 7) is 5.07. The first-order valence-electron chi connectivity index (χ1n) is 6.29. The molecule has 2 rings (SSSR count). The number of nitrogens with one attached hydrogen (secondary N) is 1. The summed E-state index contributed by atoms with van der Waals surface area (Å²) >= 11 is 3.46. The van der Waals surface area contributed by atoms with Gasteiger partial charge in [0.1, 0.15) is 0 Å². The van der Waals surface area contributed by atoms with Crippen LogP contribution in [0.15, 0.2) is 34.8 Å². The normalized spacial score (nSPS) is 11.2. The lowest BCUT2D eigenvalue weighted by atomic mass is 10.1. The molecular weight excluding hydrogens is 308 g/mol. The average molecular weight is 325 g/mol. The number of hydrogen-bond donors (Lipinski definition) is 1. The second kappa shape index (κ2) is 6.84. The van der Waals surface area contributed by atoms with Crippen molar-refractivity contribution in [2.75, 3.05) is 13.2 Å². The van der Waals surface area contributed by atoms with Gasteiger partial charge >= 0.3 is 0 Å². The zero-order valence-corrected chi connectivity index (χ0v) is 12.6. The Bertz CT molecular complexity index is 522. The Morgan fingerprint density at radius 3 is 2.58 bits per heavy atom. The summed E-state index contributed by atoms with van der Waals surface area (Å²) in [5, 5.41) is 7.29. The summed E-state index contributed by atoms with van der Waals surface area (Å²) in [6.07, 6.45) is -0.386. The van der Waals surface area contributed by atoms with Gasteiger partial charge in [0, 0.05) is 23.2 Å². The van der Waals surface area contributed by atoms with Crippen LogP contribution in [0.25, 0.3) is 11.3 Å². The Hall–Kier alpha value is -1.17. The largest absolute Gasteiger partial charge is 0.347 e. The second-order valence-corrected chi connectivity index (χ2v) is 4.88. The summed E-state index contributed by atoms with van der Waals surface area (Å²) in [6, 6.07) is 9.96. The molecule has 2 aromatic rings. The van der Waals surface area contributed by atoms with Crippen LogP contribution in [0.4, 0.5) is 0 Å². The maximum absolute atomic E-state index is 5.54. The molecule has 4 nitrogen and oxygen atoms in total. The minimum absolute atomic E-state index is 0.386. The summed E-state index contributed by atoms with van der Waals surface area (Å²) in [4.78, 5) is 0. The van der Waals surface area contributed by atoms with Crippen molar-refractivity contribution in [3.05, 3.63) is 40.5 Å². The van der Waals surface area contributed by atoms with Crippen molar-refractivity contribution in [3.63, 3.8) is 0 Å². The zero-order valence-electron chi connectivity index (χ0n) is 11.0. The lowest BCUT2D eigenvalue weighted by Gasteiger charge is -2.14. The van der Waals surface area contributed by atoms with E-state index in [9.17, 15) is 0 Å². The van der Waals surface area contributed by atoms with E-state index in [0.717, 1.165) is 21.4 Å². The van der Waals surface area contributed by atoms with E-state index < -0.39 is 0 Å². The molecule has 0 bridgehead atoms. The van der Waals surface area contributed by atoms with Gasteiger partial charge in [0.05, 0.1) is 11.4 Å². The SMILES string of the molecule is CCOC(OCC)c1cc(-c2cccc(Br)c2)n[nH]1. The lowest BCUT2D eigenvalue weighted by molar-refractivity contribution is -0.142. The number of hydrogen-bond acceptors (Lipinski definition) is 3. The highest BCUT2D eigenvalue weighted by molar-refractivity contribution is 9.10. The van der Waals surface area contributed by atoms with Gasteiger partial charge in [-0.05, 0) is 32.0 Å². The van der Waals surface area contributed by atoms with Crippen molar-refractivity contribution < 1.29 is 9.47 Å². The Kier molecular flexibility index (Phi) is 5.13. The molecule has 0 spiro atoms. The molecule has 5 heteroatoms. The number of H-pyrrole nitrogens is 1. The minimum atomic E-state index is -0.386. The van der Waals surface area contributed by atoms with E-state index in [1.54, 1.807) is 0 Å². The van der Waals surface area contributed by atoms with Gasteiger partial charge < -0.3 is 9.47 Å². The van der Waals surface area contributed by atoms with Crippen molar-refractivity contribution >= 4 is 15.9 Å². The van der Waals surface area contributed by atoms with Crippen LogP contribution in [-0.2, 0) is 9.47 Å². The standard InChI is InChI=1S/C14H17BrN2O2/c1-3-18-14(19-4-2)13-9-12(16-17-13)10-6-5-7-11(15)8-10/h5-9,14H,3-4H2,1-2H3,(H,16,17). The van der Waals surface area contributed by atoms with Crippen LogP contribution in [0.2, 0.25) is 0 Å². The van der Waals surface area contributed by atoms with Crippen LogP contribution in [0.1, 0.15) is 25.8 Å². The molecule has 1 aromatic heterocycles. The third-order valence-electron chi connectivity index (χ3n) is 2.61. The zero-order chi connectivity index (χ0) is 13.7. The van der Waals surface area contributed by atoms with Gasteiger partial charge in [-0.25, -0.2) is 0 Å². The van der Waals surface area contributed by atoms with E-state index in [0.29, 0.717) is 13.2 Å². The number of ether oxygens (including phenoxy) is 2. The molecule has 102 valence electrons. The van der Waals surface area contributed by atoms with Crippen molar-refractivity contribution in [1.82, 2.24) is 10.2 Å². The number of aromatic amines is 1. The molecule has 0 atom stereocenters. The quantitative estimate of drug-likeness (QED) is 0.819. The van der Waals surface area contributed by atoms with E-state index in [-0.39, 0.29) is 6.29 Å². The lowest BCUT2D eigenvalue weighted by Crippen LogP contribution is -2.09. The van der Waals surface area contributed by atoms with Crippen molar-refractivity contribution in [2.24, 2.45) is 0 Å². The Labute approximate surface area is 121 Å². The van der Waals surface area contributed by atoms with Gasteiger partial charge in [0.15, 0.2) is 6.29 Å². The van der Waals surface area contributed by atoms with E-state index in [1.807, 2.05) is 44.2 Å². The van der Waals surface area contributed by atoms with Gasteiger partial charge in [-0.3, -0.25) is 5.10 Å². The second-order valence-electron chi connectivity index (χ2n) is 3.96. The smallest absolute Gasteiger partial charge is 0.200 e. The fourth-order valence-electron chi connectivity index (χ4n) is 1.78. The fourth-order valence-corrected chi connectivity index (χ4v) is 2.18. The van der Waals surface area contributed by atoms with Crippen LogP contribution in [0, 0.1) is 0 Å². The molecular formula is C14H17BrN2O2. The Morgan fingerprint density at radius 1 is 1.21 bits per heavy atom. The molecule has 19 heavy (non-hydrogen) atoms. The Balaban J connectivity index is 2.22. The molecule has 0 saturated heterocycles. The van der Waals surface area contributed by atoms with Crippen LogP contribution in [-0.4, -0.2) is 23.4 Å². The third-order valence-corrected chi connectivity index (χ3v) is 3.10. The number of nitrogens with zero attached hydrogens (tertiary/aromatic N) is 1. The van der Waals surface area contributed by atoms with E-state index in [1.165, 1.54) is 0 Å². The topological polar surface area (TPSA) is 47.1 Å². The Morgan fingerprint density at radius 2 is 1.95 bits per heavy atom. The van der Waals surface area contributed by atoms with Crippen LogP contribution >= 0.6 is 15.9 Å². The predicted molar refractivity (Wildman–Crippen MR) is 77.7 cm³/mol. The first-order chi connectivity index (χ1) is 9.24. The number of benzene rings is 1. The maximum atomic E-state index is 5.54. The van der Waals surface area contributed by atoms with Crippen LogP contribution in [0.3, 0.4) is 0 Å². The first kappa shape index (κ1) is 14.2. The number of aromatic nitrogens is 2. The summed E-state index contributed by atoms with van der Waals surface area (Å²) in [5.41, 5.74) is 2.75. The third kappa shape index (κ3) is 3.65. The van der Waals surface area contributed by atoms with E-state index in [4.69, 9.17) is 9.47 Å². The molecule has 0 aliphatic carbocycles. The maximum Gasteiger partial charge on any atom is 0.200 e. The van der Waals surface area contributed by atoms with Gasteiger partial charge in [0.2, 0.25) is 0 Å². The van der Waals surface area contributed by atoms with Crippen LogP contribution < -0.4 is 0 Å². The molecule has 0 aliphatic rings. The van der Waals surface area contributed by atoms with E-state index in [2.05, 4.69) is 26.1 Å². The van der Waals surface area contributed by atoms with Crippen molar-refractivity contribution in [1.29, 1.82) is 0 Å².